The fourth-order valence-electron chi connectivity index (χ4n) is 3.20. The fourth-order valence-corrected chi connectivity index (χ4v) is 3.20. The van der Waals surface area contributed by atoms with Crippen molar-refractivity contribution in [2.75, 3.05) is 39.8 Å². The Balaban J connectivity index is 1.79. The van der Waals surface area contributed by atoms with Gasteiger partial charge in [0.05, 0.1) is 5.41 Å². The molecule has 1 unspecified atom stereocenters. The maximum absolute atomic E-state index is 12.2. The number of carbonyl (C=O) groups is 2. The van der Waals surface area contributed by atoms with Crippen LogP contribution in [-0.4, -0.2) is 66.7 Å². The number of nitrogens with zero attached hydrogens (tertiary/aromatic N) is 2. The number of carboxylic acid groups (broad SMARTS) is 1. The summed E-state index contributed by atoms with van der Waals surface area (Å²) in [5.41, 5.74) is -0.802. The van der Waals surface area contributed by atoms with Crippen LogP contribution >= 0.6 is 0 Å². The molecule has 2 rings (SSSR count). The van der Waals surface area contributed by atoms with Gasteiger partial charge in [-0.15, -0.1) is 0 Å². The first kappa shape index (κ1) is 16.1. The lowest BCUT2D eigenvalue weighted by molar-refractivity contribution is -0.150. The summed E-state index contributed by atoms with van der Waals surface area (Å²) in [6.07, 6.45) is 3.62. The molecule has 2 heterocycles. The molecule has 2 saturated heterocycles. The van der Waals surface area contributed by atoms with Crippen molar-refractivity contribution in [3.05, 3.63) is 0 Å². The van der Waals surface area contributed by atoms with Gasteiger partial charge in [0.25, 0.3) is 0 Å². The third kappa shape index (κ3) is 4.09. The number of carbonyl (C=O) groups excluding carboxylic acids is 1. The largest absolute Gasteiger partial charge is 0.481 e. The molecule has 0 saturated carbocycles. The van der Waals surface area contributed by atoms with E-state index in [1.807, 2.05) is 0 Å². The predicted molar refractivity (Wildman–Crippen MR) is 80.2 cm³/mol. The summed E-state index contributed by atoms with van der Waals surface area (Å²) in [6, 6.07) is -0.110. The molecule has 6 heteroatoms. The highest BCUT2D eigenvalue weighted by Gasteiger charge is 2.39. The van der Waals surface area contributed by atoms with E-state index in [0.717, 1.165) is 32.4 Å². The van der Waals surface area contributed by atoms with E-state index >= 15 is 0 Å². The van der Waals surface area contributed by atoms with Crippen molar-refractivity contribution in [3.63, 3.8) is 0 Å². The highest BCUT2D eigenvalue weighted by atomic mass is 16.4. The monoisotopic (exact) mass is 297 g/mol. The average molecular weight is 297 g/mol. The van der Waals surface area contributed by atoms with E-state index in [2.05, 4.69) is 17.3 Å². The zero-order valence-corrected chi connectivity index (χ0v) is 13.1. The molecule has 0 aliphatic carbocycles. The minimum Gasteiger partial charge on any atom is -0.481 e. The number of hydrogen-bond donors (Lipinski definition) is 2. The number of likely N-dealkylation sites (tertiary alicyclic amines) is 2. The molecule has 2 aliphatic rings. The summed E-state index contributed by atoms with van der Waals surface area (Å²) < 4.78 is 0. The molecule has 2 fully saturated rings. The topological polar surface area (TPSA) is 72.9 Å². The van der Waals surface area contributed by atoms with Crippen molar-refractivity contribution < 1.29 is 14.7 Å². The lowest BCUT2D eigenvalue weighted by Gasteiger charge is -2.38. The first-order chi connectivity index (χ1) is 9.90. The summed E-state index contributed by atoms with van der Waals surface area (Å²) in [5, 5.41) is 12.3. The molecule has 0 radical (unpaired) electrons. The van der Waals surface area contributed by atoms with Crippen molar-refractivity contribution in [2.24, 2.45) is 11.3 Å². The van der Waals surface area contributed by atoms with Gasteiger partial charge in [-0.3, -0.25) is 4.79 Å². The Kier molecular flexibility index (Phi) is 5.08. The van der Waals surface area contributed by atoms with Gasteiger partial charge in [-0.05, 0) is 58.7 Å². The number of aliphatic carboxylic acids is 1. The van der Waals surface area contributed by atoms with Crippen LogP contribution in [-0.2, 0) is 4.79 Å². The molecule has 2 N–H and O–H groups in total. The molecule has 2 amide bonds. The fraction of sp³-hybridized carbons (Fsp3) is 0.867. The number of nitrogens with one attached hydrogen (secondary N) is 1. The number of urea groups is 1. The Labute approximate surface area is 126 Å². The minimum atomic E-state index is -0.810. The van der Waals surface area contributed by atoms with Crippen LogP contribution in [0.1, 0.15) is 32.6 Å². The van der Waals surface area contributed by atoms with Crippen LogP contribution in [0.5, 0.6) is 0 Å². The average Bonchev–Trinajstić information content (AvgIpc) is 2.46. The van der Waals surface area contributed by atoms with E-state index in [4.69, 9.17) is 0 Å². The first-order valence-electron chi connectivity index (χ1n) is 7.85. The number of piperidine rings is 2. The quantitative estimate of drug-likeness (QED) is 0.821. The zero-order valence-electron chi connectivity index (χ0n) is 13.1. The number of carboxylic acids is 1. The van der Waals surface area contributed by atoms with Crippen LogP contribution in [0.25, 0.3) is 0 Å². The van der Waals surface area contributed by atoms with Gasteiger partial charge in [-0.2, -0.15) is 0 Å². The van der Waals surface area contributed by atoms with Crippen molar-refractivity contribution >= 4 is 12.0 Å². The Bertz CT molecular complexity index is 394. The van der Waals surface area contributed by atoms with Crippen LogP contribution in [0.2, 0.25) is 0 Å². The third-order valence-electron chi connectivity index (χ3n) is 4.88. The van der Waals surface area contributed by atoms with Gasteiger partial charge < -0.3 is 20.2 Å². The lowest BCUT2D eigenvalue weighted by atomic mass is 9.82. The Morgan fingerprint density at radius 2 is 1.95 bits per heavy atom. The van der Waals surface area contributed by atoms with Gasteiger partial charge in [0, 0.05) is 19.6 Å². The number of hydrogen-bond acceptors (Lipinski definition) is 3. The summed E-state index contributed by atoms with van der Waals surface area (Å²) >= 11 is 0. The molecule has 0 aromatic rings. The Morgan fingerprint density at radius 3 is 2.57 bits per heavy atom. The van der Waals surface area contributed by atoms with E-state index in [1.54, 1.807) is 11.8 Å². The van der Waals surface area contributed by atoms with Crippen LogP contribution in [0, 0.1) is 11.3 Å². The molecule has 6 nitrogen and oxygen atoms in total. The standard InChI is InChI=1S/C15H27N3O3/c1-15(13(19)20)6-3-7-18(11-15)14(21)16-10-12-4-8-17(2)9-5-12/h12H,3-11H2,1-2H3,(H,16,21)(H,19,20). The summed E-state index contributed by atoms with van der Waals surface area (Å²) in [5.74, 6) is -0.267. The maximum atomic E-state index is 12.2. The number of rotatable bonds is 3. The van der Waals surface area contributed by atoms with Gasteiger partial charge in [-0.1, -0.05) is 0 Å². The third-order valence-corrected chi connectivity index (χ3v) is 4.88. The molecule has 2 aliphatic heterocycles. The summed E-state index contributed by atoms with van der Waals surface area (Å²) in [4.78, 5) is 27.5. The SMILES string of the molecule is CN1CCC(CNC(=O)N2CCCC(C)(C(=O)O)C2)CC1. The summed E-state index contributed by atoms with van der Waals surface area (Å²) in [7, 11) is 2.12. The van der Waals surface area contributed by atoms with E-state index in [9.17, 15) is 14.7 Å². The van der Waals surface area contributed by atoms with Crippen molar-refractivity contribution in [3.8, 4) is 0 Å². The normalized spacial score (nSPS) is 28.4. The zero-order chi connectivity index (χ0) is 15.5. The Morgan fingerprint density at radius 1 is 1.29 bits per heavy atom. The van der Waals surface area contributed by atoms with Crippen molar-refractivity contribution in [2.45, 2.75) is 32.6 Å². The number of amides is 2. The molecule has 0 spiro atoms. The highest BCUT2D eigenvalue weighted by Crippen LogP contribution is 2.29. The van der Waals surface area contributed by atoms with Crippen LogP contribution < -0.4 is 5.32 Å². The van der Waals surface area contributed by atoms with E-state index in [-0.39, 0.29) is 6.03 Å². The van der Waals surface area contributed by atoms with Gasteiger partial charge in [0.15, 0.2) is 0 Å². The molecule has 0 aromatic carbocycles. The maximum Gasteiger partial charge on any atom is 0.317 e. The molecular weight excluding hydrogens is 270 g/mol. The second-order valence-corrected chi connectivity index (χ2v) is 6.82. The van der Waals surface area contributed by atoms with Crippen molar-refractivity contribution in [1.29, 1.82) is 0 Å². The van der Waals surface area contributed by atoms with E-state index < -0.39 is 11.4 Å². The summed E-state index contributed by atoms with van der Waals surface area (Å²) in [6.45, 7) is 5.56. The smallest absolute Gasteiger partial charge is 0.317 e. The predicted octanol–water partition coefficient (Wildman–Crippen LogP) is 1.22. The van der Waals surface area contributed by atoms with E-state index in [0.29, 0.717) is 32.0 Å². The first-order valence-corrected chi connectivity index (χ1v) is 7.85. The Hall–Kier alpha value is -1.30. The molecule has 0 bridgehead atoms. The van der Waals surface area contributed by atoms with Crippen molar-refractivity contribution in [1.82, 2.24) is 15.1 Å². The molecule has 21 heavy (non-hydrogen) atoms. The molecule has 1 atom stereocenters. The van der Waals surface area contributed by atoms with Gasteiger partial charge in [-0.25, -0.2) is 4.79 Å². The van der Waals surface area contributed by atoms with Gasteiger partial charge >= 0.3 is 12.0 Å². The van der Waals surface area contributed by atoms with Crippen LogP contribution in [0.3, 0.4) is 0 Å². The van der Waals surface area contributed by atoms with Gasteiger partial charge in [0.2, 0.25) is 0 Å². The van der Waals surface area contributed by atoms with Crippen LogP contribution in [0.15, 0.2) is 0 Å². The molecule has 120 valence electrons. The lowest BCUT2D eigenvalue weighted by Crippen LogP contribution is -2.52. The van der Waals surface area contributed by atoms with Crippen LogP contribution in [0.4, 0.5) is 4.79 Å². The molecule has 0 aromatic heterocycles. The highest BCUT2D eigenvalue weighted by molar-refractivity contribution is 5.78. The second-order valence-electron chi connectivity index (χ2n) is 6.82. The van der Waals surface area contributed by atoms with E-state index in [1.165, 1.54) is 0 Å². The van der Waals surface area contributed by atoms with Gasteiger partial charge in [0.1, 0.15) is 0 Å². The molecular formula is C15H27N3O3. The second kappa shape index (κ2) is 6.64. The minimum absolute atomic E-state index is 0.110.